The van der Waals surface area contributed by atoms with Crippen molar-refractivity contribution >= 4 is 11.3 Å². The zero-order valence-electron chi connectivity index (χ0n) is 10.3. The van der Waals surface area contributed by atoms with E-state index < -0.39 is 0 Å². The number of piperidine rings is 1. The number of anilines is 1. The van der Waals surface area contributed by atoms with E-state index in [2.05, 4.69) is 33.2 Å². The van der Waals surface area contributed by atoms with E-state index >= 15 is 0 Å². The summed E-state index contributed by atoms with van der Waals surface area (Å²) in [6.07, 6.45) is 4.24. The molecule has 3 heterocycles. The maximum Gasteiger partial charge on any atom is 0.200 e. The molecule has 5 nitrogen and oxygen atoms in total. The average molecular weight is 231 g/mol. The van der Waals surface area contributed by atoms with Gasteiger partial charge in [-0.25, -0.2) is 0 Å². The van der Waals surface area contributed by atoms with Gasteiger partial charge in [0.15, 0.2) is 0 Å². The molecule has 0 aromatic carbocycles. The van der Waals surface area contributed by atoms with E-state index in [1.807, 2.05) is 6.92 Å². The quantitative estimate of drug-likeness (QED) is 0.749. The molecule has 3 rings (SSSR count). The number of fused-ring (bicyclic) bond motifs is 1. The Balaban J connectivity index is 2.06. The lowest BCUT2D eigenvalue weighted by Crippen LogP contribution is -2.34. The lowest BCUT2D eigenvalue weighted by molar-refractivity contribution is 0.447. The van der Waals surface area contributed by atoms with Crippen molar-refractivity contribution in [2.45, 2.75) is 26.7 Å². The minimum Gasteiger partial charge on any atom is -0.368 e. The predicted molar refractivity (Wildman–Crippen MR) is 66.1 cm³/mol. The summed E-state index contributed by atoms with van der Waals surface area (Å²) in [6.45, 7) is 6.53. The second-order valence-electron chi connectivity index (χ2n) is 4.96. The SMILES string of the molecule is Cc1cc(N2CCC[C@@H](C)C2)c2nncn2n1. The van der Waals surface area contributed by atoms with Crippen molar-refractivity contribution in [3.05, 3.63) is 18.1 Å². The molecule has 0 spiro atoms. The lowest BCUT2D eigenvalue weighted by Gasteiger charge is -2.32. The number of aromatic nitrogens is 4. The lowest BCUT2D eigenvalue weighted by atomic mass is 10.00. The fraction of sp³-hybridized carbons (Fsp3) is 0.583. The molecular weight excluding hydrogens is 214 g/mol. The van der Waals surface area contributed by atoms with Gasteiger partial charge in [0.2, 0.25) is 5.65 Å². The Morgan fingerprint density at radius 3 is 3.12 bits per heavy atom. The van der Waals surface area contributed by atoms with Crippen molar-refractivity contribution in [2.24, 2.45) is 5.92 Å². The molecule has 1 saturated heterocycles. The molecule has 17 heavy (non-hydrogen) atoms. The van der Waals surface area contributed by atoms with Crippen LogP contribution in [0.15, 0.2) is 12.4 Å². The van der Waals surface area contributed by atoms with Gasteiger partial charge in [-0.2, -0.15) is 9.61 Å². The zero-order valence-corrected chi connectivity index (χ0v) is 10.3. The van der Waals surface area contributed by atoms with Crippen LogP contribution in [0.3, 0.4) is 0 Å². The molecule has 1 fully saturated rings. The van der Waals surface area contributed by atoms with Crippen LogP contribution in [0, 0.1) is 12.8 Å². The highest BCUT2D eigenvalue weighted by Gasteiger charge is 2.20. The maximum absolute atomic E-state index is 4.38. The van der Waals surface area contributed by atoms with Crippen LogP contribution in [0.5, 0.6) is 0 Å². The fourth-order valence-electron chi connectivity index (χ4n) is 2.57. The summed E-state index contributed by atoms with van der Waals surface area (Å²) in [6, 6.07) is 2.11. The van der Waals surface area contributed by atoms with Crippen molar-refractivity contribution in [3.8, 4) is 0 Å². The van der Waals surface area contributed by atoms with E-state index in [4.69, 9.17) is 0 Å². The molecule has 2 aromatic rings. The number of aryl methyl sites for hydroxylation is 1. The van der Waals surface area contributed by atoms with Crippen LogP contribution in [0.2, 0.25) is 0 Å². The molecule has 2 aromatic heterocycles. The molecule has 5 heteroatoms. The summed E-state index contributed by atoms with van der Waals surface area (Å²) in [5.41, 5.74) is 3.04. The molecule has 0 aliphatic carbocycles. The van der Waals surface area contributed by atoms with Gasteiger partial charge >= 0.3 is 0 Å². The number of nitrogens with zero attached hydrogens (tertiary/aromatic N) is 5. The Labute approximate surface area is 100 Å². The average Bonchev–Trinajstić information content (AvgIpc) is 2.75. The predicted octanol–water partition coefficient (Wildman–Crippen LogP) is 1.67. The fourth-order valence-corrected chi connectivity index (χ4v) is 2.57. The number of rotatable bonds is 1. The van der Waals surface area contributed by atoms with Crippen molar-refractivity contribution in [3.63, 3.8) is 0 Å². The van der Waals surface area contributed by atoms with Gasteiger partial charge in [0.1, 0.15) is 6.33 Å². The van der Waals surface area contributed by atoms with E-state index in [1.54, 1.807) is 10.8 Å². The van der Waals surface area contributed by atoms with E-state index in [-0.39, 0.29) is 0 Å². The number of hydrogen-bond donors (Lipinski definition) is 0. The van der Waals surface area contributed by atoms with E-state index in [9.17, 15) is 0 Å². The third kappa shape index (κ3) is 1.85. The summed E-state index contributed by atoms with van der Waals surface area (Å²) in [5, 5.41) is 12.5. The highest BCUT2D eigenvalue weighted by Crippen LogP contribution is 2.25. The molecule has 1 atom stereocenters. The van der Waals surface area contributed by atoms with Gasteiger partial charge in [0, 0.05) is 13.1 Å². The first-order chi connectivity index (χ1) is 8.24. The molecule has 0 unspecified atom stereocenters. The molecule has 0 N–H and O–H groups in total. The standard InChI is InChI=1S/C12H17N5/c1-9-4-3-5-16(7-9)11-6-10(2)15-17-8-13-14-12(11)17/h6,8-9H,3-5,7H2,1-2H3/t9-/m1/s1. The van der Waals surface area contributed by atoms with E-state index in [1.165, 1.54) is 18.5 Å². The molecule has 90 valence electrons. The summed E-state index contributed by atoms with van der Waals surface area (Å²) in [5.74, 6) is 0.750. The van der Waals surface area contributed by atoms with Gasteiger partial charge < -0.3 is 4.90 Å². The molecule has 1 aliphatic rings. The van der Waals surface area contributed by atoms with Gasteiger partial charge in [0.25, 0.3) is 0 Å². The normalized spacial score (nSPS) is 21.1. The largest absolute Gasteiger partial charge is 0.368 e. The molecule has 0 bridgehead atoms. The Kier molecular flexibility index (Phi) is 2.46. The Morgan fingerprint density at radius 2 is 2.29 bits per heavy atom. The summed E-state index contributed by atoms with van der Waals surface area (Å²) in [7, 11) is 0. The van der Waals surface area contributed by atoms with E-state index in [0.29, 0.717) is 0 Å². The minimum absolute atomic E-state index is 0.750. The third-order valence-electron chi connectivity index (χ3n) is 3.37. The van der Waals surface area contributed by atoms with Crippen LogP contribution < -0.4 is 4.90 Å². The van der Waals surface area contributed by atoms with E-state index in [0.717, 1.165) is 30.3 Å². The topological polar surface area (TPSA) is 46.3 Å². The Bertz CT molecular complexity index is 533. The van der Waals surface area contributed by atoms with Crippen molar-refractivity contribution in [1.29, 1.82) is 0 Å². The van der Waals surface area contributed by atoms with Crippen LogP contribution >= 0.6 is 0 Å². The molecule has 0 saturated carbocycles. The molecule has 0 amide bonds. The van der Waals surface area contributed by atoms with Gasteiger partial charge in [-0.05, 0) is 31.7 Å². The Hall–Kier alpha value is -1.65. The first kappa shape index (κ1) is 10.5. The summed E-state index contributed by atoms with van der Waals surface area (Å²) in [4.78, 5) is 2.41. The van der Waals surface area contributed by atoms with Crippen molar-refractivity contribution < 1.29 is 0 Å². The maximum atomic E-state index is 4.38. The molecular formula is C12H17N5. The van der Waals surface area contributed by atoms with Gasteiger partial charge in [-0.15, -0.1) is 10.2 Å². The van der Waals surface area contributed by atoms with Crippen LogP contribution in [0.1, 0.15) is 25.5 Å². The highest BCUT2D eigenvalue weighted by atomic mass is 15.4. The van der Waals surface area contributed by atoms with Crippen LogP contribution in [0.4, 0.5) is 5.69 Å². The zero-order chi connectivity index (χ0) is 11.8. The van der Waals surface area contributed by atoms with Crippen molar-refractivity contribution in [1.82, 2.24) is 19.8 Å². The summed E-state index contributed by atoms with van der Waals surface area (Å²) < 4.78 is 1.77. The first-order valence-corrected chi connectivity index (χ1v) is 6.16. The smallest absolute Gasteiger partial charge is 0.200 e. The Morgan fingerprint density at radius 1 is 1.41 bits per heavy atom. The summed E-state index contributed by atoms with van der Waals surface area (Å²) >= 11 is 0. The van der Waals surface area contributed by atoms with Gasteiger partial charge in [-0.1, -0.05) is 6.92 Å². The van der Waals surface area contributed by atoms with Crippen molar-refractivity contribution in [2.75, 3.05) is 18.0 Å². The molecule has 0 radical (unpaired) electrons. The number of hydrogen-bond acceptors (Lipinski definition) is 4. The first-order valence-electron chi connectivity index (χ1n) is 6.16. The van der Waals surface area contributed by atoms with Gasteiger partial charge in [-0.3, -0.25) is 0 Å². The third-order valence-corrected chi connectivity index (χ3v) is 3.37. The minimum atomic E-state index is 0.750. The van der Waals surface area contributed by atoms with Gasteiger partial charge in [0.05, 0.1) is 11.4 Å². The second kappa shape index (κ2) is 3.98. The van der Waals surface area contributed by atoms with Crippen LogP contribution in [-0.4, -0.2) is 32.9 Å². The van der Waals surface area contributed by atoms with Crippen LogP contribution in [0.25, 0.3) is 5.65 Å². The second-order valence-corrected chi connectivity index (χ2v) is 4.96. The molecule has 1 aliphatic heterocycles. The highest BCUT2D eigenvalue weighted by molar-refractivity contribution is 5.68. The monoisotopic (exact) mass is 231 g/mol. The van der Waals surface area contributed by atoms with Crippen LogP contribution in [-0.2, 0) is 0 Å².